The molecule has 1 aliphatic carbocycles. The van der Waals surface area contributed by atoms with Crippen LogP contribution in [0.2, 0.25) is 0 Å². The topological polar surface area (TPSA) is 64.6 Å². The molecule has 0 unspecified atom stereocenters. The van der Waals surface area contributed by atoms with Gasteiger partial charge in [0.15, 0.2) is 0 Å². The van der Waals surface area contributed by atoms with Crippen LogP contribution in [-0.2, 0) is 14.3 Å². The fourth-order valence-corrected chi connectivity index (χ4v) is 3.30. The lowest BCUT2D eigenvalue weighted by Gasteiger charge is -2.14. The van der Waals surface area contributed by atoms with E-state index in [1.165, 1.54) is 28.3 Å². The number of fused-ring (bicyclic) bond motifs is 3. The third-order valence-corrected chi connectivity index (χ3v) is 4.53. The molecule has 2 aromatic rings. The van der Waals surface area contributed by atoms with Crippen molar-refractivity contribution in [2.24, 2.45) is 0 Å². The molecule has 0 aromatic heterocycles. The molecule has 2 aromatic carbocycles. The van der Waals surface area contributed by atoms with Crippen molar-refractivity contribution in [2.45, 2.75) is 18.8 Å². The summed E-state index contributed by atoms with van der Waals surface area (Å²) in [6.07, 6.45) is 1.79. The number of esters is 1. The van der Waals surface area contributed by atoms with Gasteiger partial charge in [0.05, 0.1) is 0 Å². The Balaban J connectivity index is 1.48. The largest absolute Gasteiger partial charge is 0.461 e. The van der Waals surface area contributed by atoms with Crippen LogP contribution in [0.1, 0.15) is 29.9 Å². The molecule has 0 aliphatic heterocycles. The van der Waals surface area contributed by atoms with Crippen molar-refractivity contribution in [2.75, 3.05) is 19.8 Å². The number of ether oxygens (including phenoxy) is 2. The standard InChI is InChI=1S/C22H23NO4/c1-2-14-26-21(24)12-7-13-23-22(25)27-15-20-18-10-5-3-8-16(18)17-9-4-6-11-19(17)20/h2-6,8-11,20H,1,7,12-15H2,(H,23,25). The molecule has 0 spiro atoms. The maximum Gasteiger partial charge on any atom is 0.407 e. The first-order chi connectivity index (χ1) is 13.2. The number of hydrogen-bond acceptors (Lipinski definition) is 4. The molecule has 0 saturated heterocycles. The molecule has 0 atom stereocenters. The summed E-state index contributed by atoms with van der Waals surface area (Å²) in [6, 6.07) is 16.4. The Hall–Kier alpha value is -3.08. The predicted octanol–water partition coefficient (Wildman–Crippen LogP) is 4.03. The zero-order valence-electron chi connectivity index (χ0n) is 15.1. The first kappa shape index (κ1) is 18.7. The molecule has 0 saturated carbocycles. The van der Waals surface area contributed by atoms with Gasteiger partial charge >= 0.3 is 12.1 Å². The Morgan fingerprint density at radius 2 is 1.63 bits per heavy atom. The van der Waals surface area contributed by atoms with Gasteiger partial charge in [-0.15, -0.1) is 0 Å². The minimum atomic E-state index is -0.476. The van der Waals surface area contributed by atoms with E-state index >= 15 is 0 Å². The fourth-order valence-electron chi connectivity index (χ4n) is 3.30. The molecule has 0 heterocycles. The zero-order valence-corrected chi connectivity index (χ0v) is 15.1. The van der Waals surface area contributed by atoms with Crippen molar-refractivity contribution in [3.8, 4) is 11.1 Å². The summed E-state index contributed by atoms with van der Waals surface area (Å²) < 4.78 is 10.3. The van der Waals surface area contributed by atoms with E-state index in [1.54, 1.807) is 0 Å². The van der Waals surface area contributed by atoms with Crippen LogP contribution in [0.4, 0.5) is 4.79 Å². The van der Waals surface area contributed by atoms with Crippen LogP contribution in [0.3, 0.4) is 0 Å². The van der Waals surface area contributed by atoms with Gasteiger partial charge in [-0.25, -0.2) is 4.79 Å². The molecule has 0 bridgehead atoms. The molecular weight excluding hydrogens is 342 g/mol. The first-order valence-corrected chi connectivity index (χ1v) is 9.06. The monoisotopic (exact) mass is 365 g/mol. The summed E-state index contributed by atoms with van der Waals surface area (Å²) in [5.74, 6) is -0.263. The van der Waals surface area contributed by atoms with E-state index in [-0.39, 0.29) is 31.5 Å². The zero-order chi connectivity index (χ0) is 19.1. The number of benzene rings is 2. The fraction of sp³-hybridized carbons (Fsp3) is 0.273. The second kappa shape index (κ2) is 9.03. The van der Waals surface area contributed by atoms with E-state index in [9.17, 15) is 9.59 Å². The number of nitrogens with one attached hydrogen (secondary N) is 1. The van der Waals surface area contributed by atoms with E-state index in [2.05, 4.69) is 36.2 Å². The van der Waals surface area contributed by atoms with Gasteiger partial charge < -0.3 is 14.8 Å². The number of amides is 1. The molecule has 27 heavy (non-hydrogen) atoms. The molecule has 1 aliphatic rings. The highest BCUT2D eigenvalue weighted by molar-refractivity contribution is 5.79. The van der Waals surface area contributed by atoms with Crippen LogP contribution in [0.25, 0.3) is 11.1 Å². The Bertz CT molecular complexity index is 785. The Kier molecular flexibility index (Phi) is 6.26. The van der Waals surface area contributed by atoms with Crippen LogP contribution in [0.5, 0.6) is 0 Å². The highest BCUT2D eigenvalue weighted by atomic mass is 16.5. The van der Waals surface area contributed by atoms with Gasteiger partial charge in [-0.05, 0) is 28.7 Å². The van der Waals surface area contributed by atoms with Crippen molar-refractivity contribution in [3.63, 3.8) is 0 Å². The molecular formula is C22H23NO4. The number of carbonyl (C=O) groups excluding carboxylic acids is 2. The summed E-state index contributed by atoms with van der Waals surface area (Å²) in [7, 11) is 0. The quantitative estimate of drug-likeness (QED) is 0.436. The third-order valence-electron chi connectivity index (χ3n) is 4.53. The van der Waals surface area contributed by atoms with Crippen LogP contribution >= 0.6 is 0 Å². The lowest BCUT2D eigenvalue weighted by Crippen LogP contribution is -2.27. The van der Waals surface area contributed by atoms with Crippen molar-refractivity contribution in [1.29, 1.82) is 0 Å². The van der Waals surface area contributed by atoms with Crippen molar-refractivity contribution < 1.29 is 19.1 Å². The van der Waals surface area contributed by atoms with Crippen LogP contribution in [-0.4, -0.2) is 31.8 Å². The average Bonchev–Trinajstić information content (AvgIpc) is 3.02. The summed E-state index contributed by atoms with van der Waals surface area (Å²) in [5, 5.41) is 2.68. The van der Waals surface area contributed by atoms with Gasteiger partial charge in [-0.1, -0.05) is 61.2 Å². The number of alkyl carbamates (subject to hydrolysis) is 1. The van der Waals surface area contributed by atoms with Crippen molar-refractivity contribution in [3.05, 3.63) is 72.3 Å². The molecule has 1 N–H and O–H groups in total. The van der Waals surface area contributed by atoms with Crippen molar-refractivity contribution >= 4 is 12.1 Å². The molecule has 0 fully saturated rings. The SMILES string of the molecule is C=CCOC(=O)CCCNC(=O)OCC1c2ccccc2-c2ccccc21. The third kappa shape index (κ3) is 4.56. The molecule has 0 radical (unpaired) electrons. The Morgan fingerprint density at radius 3 is 2.26 bits per heavy atom. The maximum absolute atomic E-state index is 12.0. The lowest BCUT2D eigenvalue weighted by atomic mass is 9.98. The molecule has 3 rings (SSSR count). The second-order valence-electron chi connectivity index (χ2n) is 6.33. The normalized spacial score (nSPS) is 12.0. The average molecular weight is 365 g/mol. The minimum Gasteiger partial charge on any atom is -0.461 e. The summed E-state index contributed by atoms with van der Waals surface area (Å²) in [5.41, 5.74) is 4.74. The van der Waals surface area contributed by atoms with E-state index in [0.29, 0.717) is 13.0 Å². The van der Waals surface area contributed by atoms with E-state index in [4.69, 9.17) is 9.47 Å². The van der Waals surface area contributed by atoms with Gasteiger partial charge in [-0.3, -0.25) is 4.79 Å². The van der Waals surface area contributed by atoms with E-state index in [0.717, 1.165) is 0 Å². The van der Waals surface area contributed by atoms with Gasteiger partial charge in [0, 0.05) is 18.9 Å². The maximum atomic E-state index is 12.0. The number of carbonyl (C=O) groups is 2. The van der Waals surface area contributed by atoms with Crippen LogP contribution in [0, 0.1) is 0 Å². The summed E-state index contributed by atoms with van der Waals surface area (Å²) in [6.45, 7) is 4.33. The minimum absolute atomic E-state index is 0.0389. The smallest absolute Gasteiger partial charge is 0.407 e. The van der Waals surface area contributed by atoms with Crippen LogP contribution < -0.4 is 5.32 Å². The summed E-state index contributed by atoms with van der Waals surface area (Å²) in [4.78, 5) is 23.3. The Labute approximate surface area is 159 Å². The molecule has 5 nitrogen and oxygen atoms in total. The van der Waals surface area contributed by atoms with E-state index < -0.39 is 6.09 Å². The number of hydrogen-bond donors (Lipinski definition) is 1. The van der Waals surface area contributed by atoms with Gasteiger partial charge in [0.25, 0.3) is 0 Å². The molecule has 1 amide bonds. The number of rotatable bonds is 8. The predicted molar refractivity (Wildman–Crippen MR) is 103 cm³/mol. The highest BCUT2D eigenvalue weighted by Gasteiger charge is 2.28. The Morgan fingerprint density at radius 1 is 1.00 bits per heavy atom. The van der Waals surface area contributed by atoms with Crippen molar-refractivity contribution in [1.82, 2.24) is 5.32 Å². The molecule has 5 heteroatoms. The highest BCUT2D eigenvalue weighted by Crippen LogP contribution is 2.44. The van der Waals surface area contributed by atoms with Crippen LogP contribution in [0.15, 0.2) is 61.2 Å². The second-order valence-corrected chi connectivity index (χ2v) is 6.33. The lowest BCUT2D eigenvalue weighted by molar-refractivity contribution is -0.142. The van der Waals surface area contributed by atoms with E-state index in [1.807, 2.05) is 24.3 Å². The van der Waals surface area contributed by atoms with Gasteiger partial charge in [0.1, 0.15) is 13.2 Å². The summed E-state index contributed by atoms with van der Waals surface area (Å²) >= 11 is 0. The van der Waals surface area contributed by atoms with Gasteiger partial charge in [0.2, 0.25) is 0 Å². The van der Waals surface area contributed by atoms with Gasteiger partial charge in [-0.2, -0.15) is 0 Å². The molecule has 140 valence electrons. The first-order valence-electron chi connectivity index (χ1n) is 9.06.